The largest absolute Gasteiger partial charge is 0.496 e. The fraction of sp³-hybridized carbons (Fsp3) is 0.273. The first-order valence-electron chi connectivity index (χ1n) is 14.1. The van der Waals surface area contributed by atoms with E-state index in [0.717, 1.165) is 11.1 Å². The lowest BCUT2D eigenvalue weighted by molar-refractivity contribution is -0.138. The summed E-state index contributed by atoms with van der Waals surface area (Å²) in [4.78, 5) is 48.6. The zero-order chi connectivity index (χ0) is 30.4. The Kier molecular flexibility index (Phi) is 11.3. The van der Waals surface area contributed by atoms with E-state index in [1.807, 2.05) is 85.8 Å². The second kappa shape index (κ2) is 15.8. The number of amides is 3. The van der Waals surface area contributed by atoms with Gasteiger partial charge < -0.3 is 30.0 Å². The number of hydrogen-bond acceptors (Lipinski definition) is 6. The highest BCUT2D eigenvalue weighted by Crippen LogP contribution is 2.20. The zero-order valence-electron chi connectivity index (χ0n) is 24.4. The zero-order valence-corrected chi connectivity index (χ0v) is 24.4. The van der Waals surface area contributed by atoms with Crippen molar-refractivity contribution in [2.45, 2.75) is 38.5 Å². The van der Waals surface area contributed by atoms with Crippen molar-refractivity contribution < 1.29 is 23.9 Å². The fourth-order valence-corrected chi connectivity index (χ4v) is 4.59. The molecule has 1 unspecified atom stereocenters. The normalized spacial score (nSPS) is 12.0. The van der Waals surface area contributed by atoms with Gasteiger partial charge in [-0.05, 0) is 23.1 Å². The van der Waals surface area contributed by atoms with Gasteiger partial charge in [0.15, 0.2) is 0 Å². The molecule has 0 aliphatic carbocycles. The molecule has 0 bridgehead atoms. The third-order valence-corrected chi connectivity index (χ3v) is 6.94. The molecule has 10 heteroatoms. The number of para-hydroxylation sites is 1. The van der Waals surface area contributed by atoms with E-state index in [-0.39, 0.29) is 37.9 Å². The number of rotatable bonds is 14. The molecule has 3 amide bonds. The van der Waals surface area contributed by atoms with E-state index < -0.39 is 18.0 Å². The SMILES string of the molecule is COc1ccccc1CN(CC(=O)NCC(C)c1ccccc1)C(=O)[C@H](Cc1c[nH]cn1)NC(=O)OCc1ccccc1. The van der Waals surface area contributed by atoms with Gasteiger partial charge in [0, 0.05) is 31.3 Å². The molecule has 0 radical (unpaired) electrons. The molecular formula is C33H37N5O5. The highest BCUT2D eigenvalue weighted by molar-refractivity contribution is 5.89. The van der Waals surface area contributed by atoms with Gasteiger partial charge in [-0.15, -0.1) is 0 Å². The highest BCUT2D eigenvalue weighted by Gasteiger charge is 2.29. The van der Waals surface area contributed by atoms with Crippen molar-refractivity contribution in [3.05, 3.63) is 120 Å². The molecule has 0 saturated heterocycles. The van der Waals surface area contributed by atoms with Crippen molar-refractivity contribution in [1.29, 1.82) is 0 Å². The van der Waals surface area contributed by atoms with E-state index in [4.69, 9.17) is 9.47 Å². The Labute approximate surface area is 251 Å². The number of aromatic amines is 1. The maximum Gasteiger partial charge on any atom is 0.408 e. The molecule has 3 N–H and O–H groups in total. The van der Waals surface area contributed by atoms with Crippen LogP contribution in [-0.4, -0.2) is 59.0 Å². The summed E-state index contributed by atoms with van der Waals surface area (Å²) in [5.41, 5.74) is 3.20. The molecule has 224 valence electrons. The number of H-pyrrole nitrogens is 1. The third-order valence-electron chi connectivity index (χ3n) is 6.94. The third kappa shape index (κ3) is 9.46. The van der Waals surface area contributed by atoms with Crippen molar-refractivity contribution in [3.8, 4) is 5.75 Å². The highest BCUT2D eigenvalue weighted by atomic mass is 16.5. The lowest BCUT2D eigenvalue weighted by atomic mass is 10.0. The van der Waals surface area contributed by atoms with E-state index >= 15 is 0 Å². The summed E-state index contributed by atoms with van der Waals surface area (Å²) in [5.74, 6) is -0.123. The molecule has 1 heterocycles. The van der Waals surface area contributed by atoms with Gasteiger partial charge in [-0.25, -0.2) is 9.78 Å². The molecule has 4 rings (SSSR count). The molecule has 0 aliphatic heterocycles. The molecular weight excluding hydrogens is 546 g/mol. The van der Waals surface area contributed by atoms with Crippen molar-refractivity contribution >= 4 is 17.9 Å². The molecule has 2 atom stereocenters. The Hall–Kier alpha value is -5.12. The van der Waals surface area contributed by atoms with Gasteiger partial charge >= 0.3 is 6.09 Å². The molecule has 4 aromatic rings. The van der Waals surface area contributed by atoms with Crippen molar-refractivity contribution in [3.63, 3.8) is 0 Å². The Bertz CT molecular complexity index is 1450. The van der Waals surface area contributed by atoms with Crippen LogP contribution in [0.25, 0.3) is 0 Å². The van der Waals surface area contributed by atoms with E-state index in [0.29, 0.717) is 23.6 Å². The minimum Gasteiger partial charge on any atom is -0.496 e. The number of carbonyl (C=O) groups excluding carboxylic acids is 3. The van der Waals surface area contributed by atoms with Gasteiger partial charge in [-0.1, -0.05) is 85.8 Å². The number of nitrogens with one attached hydrogen (secondary N) is 3. The van der Waals surface area contributed by atoms with Gasteiger partial charge in [0.05, 0.1) is 25.7 Å². The maximum absolute atomic E-state index is 14.1. The Morgan fingerprint density at radius 3 is 2.35 bits per heavy atom. The number of alkyl carbamates (subject to hydrolysis) is 1. The Morgan fingerprint density at radius 2 is 1.65 bits per heavy atom. The number of ether oxygens (including phenoxy) is 2. The van der Waals surface area contributed by atoms with Crippen LogP contribution >= 0.6 is 0 Å². The number of benzene rings is 3. The summed E-state index contributed by atoms with van der Waals surface area (Å²) in [6, 6.07) is 25.4. The van der Waals surface area contributed by atoms with Crippen LogP contribution < -0.4 is 15.4 Å². The quantitative estimate of drug-likeness (QED) is 0.204. The topological polar surface area (TPSA) is 126 Å². The van der Waals surface area contributed by atoms with Gasteiger partial charge in [0.2, 0.25) is 11.8 Å². The van der Waals surface area contributed by atoms with E-state index in [2.05, 4.69) is 20.6 Å². The minimum absolute atomic E-state index is 0.0446. The number of imidazole rings is 1. The van der Waals surface area contributed by atoms with Crippen LogP contribution in [0.3, 0.4) is 0 Å². The van der Waals surface area contributed by atoms with Crippen LogP contribution in [0, 0.1) is 0 Å². The lowest BCUT2D eigenvalue weighted by Crippen LogP contribution is -2.52. The van der Waals surface area contributed by atoms with Crippen LogP contribution in [0.5, 0.6) is 5.75 Å². The standard InChI is InChI=1S/C33H37N5O5/c1-24(26-13-7-4-8-14-26)18-35-31(39)21-38(20-27-15-9-10-16-30(27)42-2)32(40)29(17-28-19-34-23-36-28)37-33(41)43-22-25-11-5-3-6-12-25/h3-16,19,23-24,29H,17-18,20-22H2,1-2H3,(H,34,36)(H,35,39)(H,37,41)/t24?,29-/m0/s1. The summed E-state index contributed by atoms with van der Waals surface area (Å²) in [6.07, 6.45) is 2.49. The van der Waals surface area contributed by atoms with Crippen molar-refractivity contribution in [1.82, 2.24) is 25.5 Å². The summed E-state index contributed by atoms with van der Waals surface area (Å²) < 4.78 is 10.9. The molecule has 3 aromatic carbocycles. The van der Waals surface area contributed by atoms with Crippen molar-refractivity contribution in [2.75, 3.05) is 20.2 Å². The first-order valence-corrected chi connectivity index (χ1v) is 14.1. The van der Waals surface area contributed by atoms with E-state index in [9.17, 15) is 14.4 Å². The number of carbonyl (C=O) groups is 3. The first kappa shape index (κ1) is 30.8. The fourth-order valence-electron chi connectivity index (χ4n) is 4.59. The van der Waals surface area contributed by atoms with Gasteiger partial charge in [-0.2, -0.15) is 0 Å². The minimum atomic E-state index is -1.04. The predicted molar refractivity (Wildman–Crippen MR) is 162 cm³/mol. The van der Waals surface area contributed by atoms with E-state index in [1.165, 1.54) is 11.2 Å². The summed E-state index contributed by atoms with van der Waals surface area (Å²) in [5, 5.41) is 5.65. The molecule has 0 aliphatic rings. The van der Waals surface area contributed by atoms with Gasteiger partial charge in [0.25, 0.3) is 0 Å². The first-order chi connectivity index (χ1) is 20.9. The van der Waals surface area contributed by atoms with Gasteiger partial charge in [0.1, 0.15) is 18.4 Å². The lowest BCUT2D eigenvalue weighted by Gasteiger charge is -2.28. The van der Waals surface area contributed by atoms with Crippen molar-refractivity contribution in [2.24, 2.45) is 0 Å². The average molecular weight is 584 g/mol. The number of methoxy groups -OCH3 is 1. The second-order valence-corrected chi connectivity index (χ2v) is 10.1. The number of aromatic nitrogens is 2. The van der Waals surface area contributed by atoms with Crippen LogP contribution in [0.1, 0.15) is 35.2 Å². The molecule has 0 spiro atoms. The second-order valence-electron chi connectivity index (χ2n) is 10.1. The molecule has 1 aromatic heterocycles. The van der Waals surface area contributed by atoms with Gasteiger partial charge in [-0.3, -0.25) is 9.59 Å². The smallest absolute Gasteiger partial charge is 0.408 e. The molecule has 43 heavy (non-hydrogen) atoms. The average Bonchev–Trinajstić information content (AvgIpc) is 3.56. The summed E-state index contributed by atoms with van der Waals surface area (Å²) in [7, 11) is 1.55. The van der Waals surface area contributed by atoms with Crippen LogP contribution in [0.4, 0.5) is 4.79 Å². The Balaban J connectivity index is 1.51. The molecule has 0 saturated carbocycles. The summed E-state index contributed by atoms with van der Waals surface area (Å²) >= 11 is 0. The van der Waals surface area contributed by atoms with Crippen LogP contribution in [-0.2, 0) is 33.9 Å². The predicted octanol–water partition coefficient (Wildman–Crippen LogP) is 4.20. The summed E-state index contributed by atoms with van der Waals surface area (Å²) in [6.45, 7) is 2.33. The maximum atomic E-state index is 14.1. The van der Waals surface area contributed by atoms with Crippen LogP contribution in [0.2, 0.25) is 0 Å². The number of nitrogens with zero attached hydrogens (tertiary/aromatic N) is 2. The number of hydrogen-bond donors (Lipinski definition) is 3. The monoisotopic (exact) mass is 583 g/mol. The van der Waals surface area contributed by atoms with Crippen LogP contribution in [0.15, 0.2) is 97.5 Å². The molecule has 10 nitrogen and oxygen atoms in total. The Morgan fingerprint density at radius 1 is 0.953 bits per heavy atom. The molecule has 0 fully saturated rings. The van der Waals surface area contributed by atoms with E-state index in [1.54, 1.807) is 19.4 Å².